The number of fused-ring (bicyclic) bond motifs is 7. The molecule has 0 unspecified atom stereocenters. The minimum Gasteiger partial charge on any atom is -0.497 e. The molecule has 2 amide bonds. The van der Waals surface area contributed by atoms with Crippen molar-refractivity contribution >= 4 is 44.4 Å². The van der Waals surface area contributed by atoms with Crippen LogP contribution in [0.5, 0.6) is 5.75 Å². The van der Waals surface area contributed by atoms with E-state index in [9.17, 15) is 18.0 Å². The average Bonchev–Trinajstić information content (AvgIpc) is 3.93. The Hall–Kier alpha value is -4.42. The first-order valence-electron chi connectivity index (χ1n) is 20.8. The van der Waals surface area contributed by atoms with Crippen LogP contribution in [0, 0.1) is 0 Å². The first kappa shape index (κ1) is 37.2. The fourth-order valence-electron chi connectivity index (χ4n) is 10.1. The second-order valence-corrected chi connectivity index (χ2v) is 19.2. The summed E-state index contributed by atoms with van der Waals surface area (Å²) in [4.78, 5) is 32.5. The predicted molar refractivity (Wildman–Crippen MR) is 219 cm³/mol. The molecule has 3 aliphatic heterocycles. The quantitative estimate of drug-likeness (QED) is 0.182. The van der Waals surface area contributed by atoms with Gasteiger partial charge >= 0.3 is 0 Å². The Balaban J connectivity index is 1.21. The number of benzene rings is 2. The van der Waals surface area contributed by atoms with Gasteiger partial charge in [0.05, 0.1) is 54.5 Å². The maximum atomic E-state index is 14.7. The van der Waals surface area contributed by atoms with E-state index in [1.165, 1.54) is 30.5 Å². The summed E-state index contributed by atoms with van der Waals surface area (Å²) in [5.74, 6) is 0.659. The maximum absolute atomic E-state index is 14.7. The summed E-state index contributed by atoms with van der Waals surface area (Å²) in [6.07, 6.45) is 14.0. The summed E-state index contributed by atoms with van der Waals surface area (Å²) in [6, 6.07) is 13.4. The Morgan fingerprint density at radius 2 is 1.75 bits per heavy atom. The number of allylic oxidation sites excluding steroid dienone is 1. The predicted octanol–water partition coefficient (Wildman–Crippen LogP) is 7.16. The van der Waals surface area contributed by atoms with Gasteiger partial charge in [-0.05, 0) is 117 Å². The molecule has 296 valence electrons. The molecule has 56 heavy (non-hydrogen) atoms. The van der Waals surface area contributed by atoms with Crippen molar-refractivity contribution in [2.24, 2.45) is 0 Å². The number of likely N-dealkylation sites (tertiary alicyclic amines) is 2. The highest BCUT2D eigenvalue weighted by Gasteiger charge is 2.46. The van der Waals surface area contributed by atoms with E-state index >= 15 is 0 Å². The van der Waals surface area contributed by atoms with Crippen molar-refractivity contribution in [1.82, 2.24) is 28.9 Å². The van der Waals surface area contributed by atoms with Crippen molar-refractivity contribution in [3.63, 3.8) is 0 Å². The Bertz CT molecular complexity index is 2350. The lowest BCUT2D eigenvalue weighted by atomic mass is 9.81. The molecule has 4 aromatic rings. The largest absolute Gasteiger partial charge is 0.497 e. The highest BCUT2D eigenvalue weighted by molar-refractivity contribution is 7.90. The van der Waals surface area contributed by atoms with Gasteiger partial charge in [-0.3, -0.25) is 23.9 Å². The van der Waals surface area contributed by atoms with Crippen LogP contribution in [-0.2, 0) is 27.8 Å². The zero-order valence-corrected chi connectivity index (χ0v) is 33.9. The Labute approximate surface area is 330 Å². The number of methoxy groups -OCH3 is 1. The number of likely N-dealkylation sites (N-methyl/N-ethyl adjacent to an activating group) is 1. The number of hydrogen-bond donors (Lipinski definition) is 1. The first-order valence-corrected chi connectivity index (χ1v) is 22.3. The fourth-order valence-corrected chi connectivity index (χ4v) is 10.8. The van der Waals surface area contributed by atoms with Gasteiger partial charge in [0.25, 0.3) is 5.91 Å². The van der Waals surface area contributed by atoms with Crippen molar-refractivity contribution < 1.29 is 22.7 Å². The van der Waals surface area contributed by atoms with E-state index in [0.717, 1.165) is 103 Å². The van der Waals surface area contributed by atoms with Crippen LogP contribution in [0.25, 0.3) is 33.8 Å². The number of carbonyl (C=O) groups is 2. The van der Waals surface area contributed by atoms with E-state index < -0.39 is 21.2 Å². The highest BCUT2D eigenvalue weighted by atomic mass is 32.2. The minimum atomic E-state index is -3.76. The van der Waals surface area contributed by atoms with Gasteiger partial charge in [0.1, 0.15) is 5.75 Å². The molecule has 2 aromatic carbocycles. The monoisotopic (exact) mass is 778 g/mol. The summed E-state index contributed by atoms with van der Waals surface area (Å²) in [5.41, 5.74) is 8.97. The normalized spacial score (nSPS) is 21.5. The Kier molecular flexibility index (Phi) is 9.63. The Morgan fingerprint density at radius 1 is 0.946 bits per heavy atom. The second-order valence-electron chi connectivity index (χ2n) is 17.0. The van der Waals surface area contributed by atoms with Crippen molar-refractivity contribution in [2.45, 2.75) is 121 Å². The van der Waals surface area contributed by atoms with Gasteiger partial charge in [0.2, 0.25) is 15.9 Å². The molecule has 0 radical (unpaired) electrons. The van der Waals surface area contributed by atoms with Crippen LogP contribution >= 0.6 is 0 Å². The van der Waals surface area contributed by atoms with Crippen LogP contribution in [0.2, 0.25) is 0 Å². The third-order valence-corrected chi connectivity index (χ3v) is 15.1. The van der Waals surface area contributed by atoms with Gasteiger partial charge in [-0.25, -0.2) is 8.42 Å². The van der Waals surface area contributed by atoms with Gasteiger partial charge in [-0.2, -0.15) is 5.10 Å². The summed E-state index contributed by atoms with van der Waals surface area (Å²) in [6.45, 7) is 8.50. The van der Waals surface area contributed by atoms with Crippen molar-refractivity contribution in [3.05, 3.63) is 70.5 Å². The molecule has 9 rings (SSSR count). The molecular formula is C44H54N6O5S. The van der Waals surface area contributed by atoms with Gasteiger partial charge in [0, 0.05) is 41.6 Å². The molecule has 1 N–H and O–H groups in total. The van der Waals surface area contributed by atoms with E-state index in [2.05, 4.69) is 61.0 Å². The number of carbonyl (C=O) groups excluding carboxylic acids is 2. The second kappa shape index (κ2) is 14.5. The van der Waals surface area contributed by atoms with Crippen LogP contribution in [0.15, 0.2) is 42.6 Å². The molecule has 4 fully saturated rings. The van der Waals surface area contributed by atoms with Gasteiger partial charge in [0.15, 0.2) is 0 Å². The molecule has 2 aromatic heterocycles. The Morgan fingerprint density at radius 3 is 2.43 bits per heavy atom. The highest BCUT2D eigenvalue weighted by Crippen LogP contribution is 2.49. The average molecular weight is 779 g/mol. The van der Waals surface area contributed by atoms with Crippen molar-refractivity contribution in [1.29, 1.82) is 0 Å². The number of aromatic nitrogens is 3. The number of nitrogens with one attached hydrogen (secondary N) is 1. The van der Waals surface area contributed by atoms with E-state index in [1.54, 1.807) is 21.0 Å². The first-order chi connectivity index (χ1) is 27.0. The summed E-state index contributed by atoms with van der Waals surface area (Å²) in [7, 11) is -2.06. The molecule has 11 nitrogen and oxygen atoms in total. The van der Waals surface area contributed by atoms with E-state index in [1.807, 2.05) is 18.3 Å². The van der Waals surface area contributed by atoms with Gasteiger partial charge < -0.3 is 14.2 Å². The smallest absolute Gasteiger partial charge is 0.258 e. The summed E-state index contributed by atoms with van der Waals surface area (Å²) < 4.78 is 37.8. The van der Waals surface area contributed by atoms with Crippen LogP contribution in [-0.4, -0.2) is 88.5 Å². The van der Waals surface area contributed by atoms with Gasteiger partial charge in [-0.15, -0.1) is 0 Å². The van der Waals surface area contributed by atoms with Crippen molar-refractivity contribution in [2.75, 3.05) is 26.7 Å². The third-order valence-electron chi connectivity index (χ3n) is 13.4. The number of sulfonamides is 1. The standard InChI is InChI=1S/C44H54N6O5S/c1-5-47-25-34-22-33(47)26-48(34)44(52)38-23-45-50(32-12-9-13-32)42(38)31-20-30-21-35(55-4)15-17-36(30)43-41(29-10-7-6-8-11-29)37-16-14-28(18-39(37)49(43)24-31)19-40(51)46-56(53,54)27(2)3/h14-18,20-21,23,27,29,32-34H,5-13,19,22,24-26H2,1-4H3,(H,46,51)/t33-,34-/m0/s1. The van der Waals surface area contributed by atoms with Crippen molar-refractivity contribution in [3.8, 4) is 17.0 Å². The summed E-state index contributed by atoms with van der Waals surface area (Å²) in [5, 5.41) is 5.44. The summed E-state index contributed by atoms with van der Waals surface area (Å²) >= 11 is 0. The molecule has 2 aliphatic carbocycles. The van der Waals surface area contributed by atoms with Crippen LogP contribution in [0.1, 0.15) is 123 Å². The van der Waals surface area contributed by atoms with Gasteiger partial charge in [-0.1, -0.05) is 38.3 Å². The fraction of sp³-hybridized carbons (Fsp3) is 0.523. The lowest BCUT2D eigenvalue weighted by molar-refractivity contribution is -0.118. The van der Waals surface area contributed by atoms with E-state index in [4.69, 9.17) is 9.84 Å². The molecule has 2 bridgehead atoms. The third kappa shape index (κ3) is 6.37. The van der Waals surface area contributed by atoms with Crippen LogP contribution in [0.4, 0.5) is 0 Å². The molecular weight excluding hydrogens is 725 g/mol. The molecule has 12 heteroatoms. The number of rotatable bonds is 10. The van der Waals surface area contributed by atoms with E-state index in [0.29, 0.717) is 24.1 Å². The van der Waals surface area contributed by atoms with E-state index in [-0.39, 0.29) is 24.4 Å². The topological polar surface area (TPSA) is 119 Å². The molecule has 2 saturated heterocycles. The minimum absolute atomic E-state index is 0.0573. The SMILES string of the molecule is CCN1C[C@@H]2C[C@H]1CN2C(=O)c1cnn(C2CCC2)c1C1=Cc2cc(OC)ccc2-c2c(C3CCCCC3)c3ccc(CC(=O)NS(=O)(=O)C(C)C)cc3n2C1. The maximum Gasteiger partial charge on any atom is 0.258 e. The van der Waals surface area contributed by atoms with Crippen LogP contribution < -0.4 is 9.46 Å². The number of hydrogen-bond acceptors (Lipinski definition) is 7. The lowest BCUT2D eigenvalue weighted by Crippen LogP contribution is -2.48. The number of ether oxygens (including phenoxy) is 1. The number of amides is 2. The number of piperazine rings is 1. The molecule has 2 atom stereocenters. The lowest BCUT2D eigenvalue weighted by Gasteiger charge is -2.34. The molecule has 5 aliphatic rings. The zero-order chi connectivity index (χ0) is 38.9. The molecule has 0 spiro atoms. The zero-order valence-electron chi connectivity index (χ0n) is 33.1. The van der Waals surface area contributed by atoms with Crippen LogP contribution in [0.3, 0.4) is 0 Å². The molecule has 2 saturated carbocycles. The number of nitrogens with zero attached hydrogens (tertiary/aromatic N) is 5. The molecule has 5 heterocycles.